The van der Waals surface area contributed by atoms with Gasteiger partial charge in [-0.15, -0.1) is 0 Å². The van der Waals surface area contributed by atoms with E-state index in [-0.39, 0.29) is 29.3 Å². The second-order valence-electron chi connectivity index (χ2n) is 5.87. The lowest BCUT2D eigenvalue weighted by molar-refractivity contribution is -0.141. The zero-order chi connectivity index (χ0) is 15.9. The minimum absolute atomic E-state index is 0.0158. The zero-order valence-electron chi connectivity index (χ0n) is 12.5. The fourth-order valence-corrected chi connectivity index (χ4v) is 2.95. The predicted molar refractivity (Wildman–Crippen MR) is 82.2 cm³/mol. The van der Waals surface area contributed by atoms with Crippen LogP contribution in [0.5, 0.6) is 17.2 Å². The molecule has 4 nitrogen and oxygen atoms in total. The lowest BCUT2D eigenvalue weighted by atomic mass is 9.81. The van der Waals surface area contributed by atoms with Crippen molar-refractivity contribution < 1.29 is 19.7 Å². The molecule has 0 saturated carbocycles. The van der Waals surface area contributed by atoms with Crippen LogP contribution < -0.4 is 4.74 Å². The Morgan fingerprint density at radius 2 is 1.91 bits per heavy atom. The summed E-state index contributed by atoms with van der Waals surface area (Å²) in [5, 5.41) is 19.5. The van der Waals surface area contributed by atoms with Crippen molar-refractivity contribution in [1.82, 2.24) is 0 Å². The van der Waals surface area contributed by atoms with E-state index in [1.165, 1.54) is 18.2 Å². The standard InChI is InChI=1S/C18H18O4/c1-10-3-6-17-14(7-10)11(2)15(18(21)22-17)9-12-8-13(19)4-5-16(12)20/h3-8,11,15,19-20H,9H2,1-2H3. The van der Waals surface area contributed by atoms with Crippen LogP contribution in [0.1, 0.15) is 29.5 Å². The molecule has 1 aliphatic heterocycles. The number of fused-ring (bicyclic) bond motifs is 1. The highest BCUT2D eigenvalue weighted by Crippen LogP contribution is 2.40. The maximum atomic E-state index is 12.3. The Morgan fingerprint density at radius 1 is 1.14 bits per heavy atom. The number of carbonyl (C=O) groups excluding carboxylic acids is 1. The third-order valence-electron chi connectivity index (χ3n) is 4.28. The molecule has 4 heteroatoms. The van der Waals surface area contributed by atoms with Gasteiger partial charge in [0.1, 0.15) is 17.2 Å². The van der Waals surface area contributed by atoms with Gasteiger partial charge in [-0.1, -0.05) is 24.6 Å². The molecule has 2 aromatic rings. The van der Waals surface area contributed by atoms with E-state index in [0.29, 0.717) is 17.7 Å². The van der Waals surface area contributed by atoms with Crippen molar-refractivity contribution in [3.05, 3.63) is 53.1 Å². The number of hydrogen-bond donors (Lipinski definition) is 2. The fraction of sp³-hybridized carbons (Fsp3) is 0.278. The highest BCUT2D eigenvalue weighted by molar-refractivity contribution is 5.79. The Kier molecular flexibility index (Phi) is 3.53. The number of hydrogen-bond acceptors (Lipinski definition) is 4. The molecule has 2 unspecified atom stereocenters. The van der Waals surface area contributed by atoms with Crippen molar-refractivity contribution in [3.63, 3.8) is 0 Å². The number of aryl methyl sites for hydroxylation is 1. The van der Waals surface area contributed by atoms with Crippen LogP contribution in [0.15, 0.2) is 36.4 Å². The number of carbonyl (C=O) groups is 1. The van der Waals surface area contributed by atoms with Crippen molar-refractivity contribution in [3.8, 4) is 17.2 Å². The summed E-state index contributed by atoms with van der Waals surface area (Å²) in [6, 6.07) is 10.1. The summed E-state index contributed by atoms with van der Waals surface area (Å²) in [6.07, 6.45) is 0.327. The van der Waals surface area contributed by atoms with Crippen molar-refractivity contribution in [1.29, 1.82) is 0 Å². The maximum absolute atomic E-state index is 12.3. The number of phenolic OH excluding ortho intramolecular Hbond substituents is 2. The molecule has 0 aromatic heterocycles. The normalized spacial score (nSPS) is 20.4. The molecule has 1 heterocycles. The number of esters is 1. The van der Waals surface area contributed by atoms with E-state index in [2.05, 4.69) is 0 Å². The fourth-order valence-electron chi connectivity index (χ4n) is 2.95. The van der Waals surface area contributed by atoms with Crippen molar-refractivity contribution in [2.24, 2.45) is 5.92 Å². The number of ether oxygens (including phenoxy) is 1. The Morgan fingerprint density at radius 3 is 2.68 bits per heavy atom. The molecule has 0 amide bonds. The molecule has 2 aromatic carbocycles. The third-order valence-corrected chi connectivity index (χ3v) is 4.28. The van der Waals surface area contributed by atoms with E-state index in [0.717, 1.165) is 11.1 Å². The minimum atomic E-state index is -0.387. The second-order valence-corrected chi connectivity index (χ2v) is 5.87. The first-order chi connectivity index (χ1) is 10.5. The van der Waals surface area contributed by atoms with Gasteiger partial charge in [0.25, 0.3) is 0 Å². The SMILES string of the molecule is Cc1ccc2c(c1)C(C)C(Cc1cc(O)ccc1O)C(=O)O2. The Bertz CT molecular complexity index is 736. The molecule has 2 atom stereocenters. The second kappa shape index (κ2) is 5.37. The summed E-state index contributed by atoms with van der Waals surface area (Å²) in [7, 11) is 0. The molecule has 0 radical (unpaired) electrons. The van der Waals surface area contributed by atoms with Gasteiger partial charge in [-0.3, -0.25) is 4.79 Å². The van der Waals surface area contributed by atoms with E-state index in [4.69, 9.17) is 4.74 Å². The Balaban J connectivity index is 1.94. The van der Waals surface area contributed by atoms with Crippen LogP contribution in [0.2, 0.25) is 0 Å². The Labute approximate surface area is 129 Å². The first-order valence-corrected chi connectivity index (χ1v) is 7.29. The number of benzene rings is 2. The predicted octanol–water partition coefficient (Wildman–Crippen LogP) is 3.29. The molecule has 22 heavy (non-hydrogen) atoms. The van der Waals surface area contributed by atoms with Crippen molar-refractivity contribution in [2.75, 3.05) is 0 Å². The van der Waals surface area contributed by atoms with Crippen LogP contribution in [-0.4, -0.2) is 16.2 Å². The molecule has 2 N–H and O–H groups in total. The van der Waals surface area contributed by atoms with Crippen LogP contribution in [0.3, 0.4) is 0 Å². The van der Waals surface area contributed by atoms with Crippen LogP contribution >= 0.6 is 0 Å². The minimum Gasteiger partial charge on any atom is -0.508 e. The molecule has 0 fully saturated rings. The highest BCUT2D eigenvalue weighted by atomic mass is 16.5. The van der Waals surface area contributed by atoms with Gasteiger partial charge >= 0.3 is 5.97 Å². The summed E-state index contributed by atoms with van der Waals surface area (Å²) in [6.45, 7) is 3.99. The third kappa shape index (κ3) is 2.52. The van der Waals surface area contributed by atoms with Crippen LogP contribution in [-0.2, 0) is 11.2 Å². The lowest BCUT2D eigenvalue weighted by Gasteiger charge is -2.30. The van der Waals surface area contributed by atoms with E-state index in [1.54, 1.807) is 0 Å². The number of aromatic hydroxyl groups is 2. The summed E-state index contributed by atoms with van der Waals surface area (Å²) >= 11 is 0. The molecule has 3 rings (SSSR count). The average molecular weight is 298 g/mol. The van der Waals surface area contributed by atoms with Gasteiger partial charge < -0.3 is 14.9 Å². The van der Waals surface area contributed by atoms with Gasteiger partial charge in [0, 0.05) is 0 Å². The van der Waals surface area contributed by atoms with Crippen LogP contribution in [0, 0.1) is 12.8 Å². The first kappa shape index (κ1) is 14.4. The van der Waals surface area contributed by atoms with Crippen LogP contribution in [0.4, 0.5) is 0 Å². The van der Waals surface area contributed by atoms with E-state index >= 15 is 0 Å². The number of rotatable bonds is 2. The van der Waals surface area contributed by atoms with Gasteiger partial charge in [0.15, 0.2) is 0 Å². The van der Waals surface area contributed by atoms with Gasteiger partial charge in [0.05, 0.1) is 5.92 Å². The first-order valence-electron chi connectivity index (χ1n) is 7.29. The van der Waals surface area contributed by atoms with Gasteiger partial charge in [-0.2, -0.15) is 0 Å². The highest BCUT2D eigenvalue weighted by Gasteiger charge is 2.35. The molecule has 0 spiro atoms. The number of phenols is 2. The van der Waals surface area contributed by atoms with Crippen LogP contribution in [0.25, 0.3) is 0 Å². The monoisotopic (exact) mass is 298 g/mol. The molecule has 114 valence electrons. The smallest absolute Gasteiger partial charge is 0.315 e. The topological polar surface area (TPSA) is 66.8 Å². The zero-order valence-corrected chi connectivity index (χ0v) is 12.5. The molecular weight excluding hydrogens is 280 g/mol. The quantitative estimate of drug-likeness (QED) is 0.507. The van der Waals surface area contributed by atoms with Gasteiger partial charge in [-0.05, 0) is 54.7 Å². The molecule has 0 bridgehead atoms. The van der Waals surface area contributed by atoms with Gasteiger partial charge in [0.2, 0.25) is 0 Å². The average Bonchev–Trinajstić information content (AvgIpc) is 2.48. The van der Waals surface area contributed by atoms with E-state index in [9.17, 15) is 15.0 Å². The summed E-state index contributed by atoms with van der Waals surface area (Å²) in [5.74, 6) is 0.0553. The van der Waals surface area contributed by atoms with E-state index in [1.807, 2.05) is 32.0 Å². The molecule has 1 aliphatic rings. The molecular formula is C18H18O4. The van der Waals surface area contributed by atoms with Crippen molar-refractivity contribution >= 4 is 5.97 Å². The molecule has 0 aliphatic carbocycles. The maximum Gasteiger partial charge on any atom is 0.315 e. The van der Waals surface area contributed by atoms with Crippen molar-refractivity contribution in [2.45, 2.75) is 26.2 Å². The largest absolute Gasteiger partial charge is 0.508 e. The molecule has 0 saturated heterocycles. The van der Waals surface area contributed by atoms with Gasteiger partial charge in [-0.25, -0.2) is 0 Å². The Hall–Kier alpha value is -2.49. The summed E-state index contributed by atoms with van der Waals surface area (Å²) in [4.78, 5) is 12.3. The summed E-state index contributed by atoms with van der Waals surface area (Å²) < 4.78 is 5.43. The summed E-state index contributed by atoms with van der Waals surface area (Å²) in [5.41, 5.74) is 2.66. The van der Waals surface area contributed by atoms with E-state index < -0.39 is 0 Å². The lowest BCUT2D eigenvalue weighted by Crippen LogP contribution is -2.32.